The predicted octanol–water partition coefficient (Wildman–Crippen LogP) is 3.81. The fraction of sp³-hybridized carbons (Fsp3) is 0.615. The number of carbonyl (C=O) groups excluding carboxylic acids is 1. The van der Waals surface area contributed by atoms with Gasteiger partial charge >= 0.3 is 0 Å². The number of halogens is 2. The molecule has 0 aromatic carbocycles. The molecule has 2 heterocycles. The van der Waals surface area contributed by atoms with Crippen LogP contribution >= 0.6 is 38.9 Å². The molecule has 3 nitrogen and oxygen atoms in total. The molecule has 2 unspecified atom stereocenters. The molecule has 1 amide bonds. The summed E-state index contributed by atoms with van der Waals surface area (Å²) in [5.74, 6) is 0.622. The van der Waals surface area contributed by atoms with E-state index in [1.54, 1.807) is 0 Å². The molecule has 0 saturated carbocycles. The standard InChI is InChI=1S/C13H18BrClN2OS/c1-7(2)6-17-11(18)4-3-9(16)12(17)10-5-8(14)13(15)19-10/h5,7,9,12H,3-4,6,16H2,1-2H3. The molecule has 1 fully saturated rings. The van der Waals surface area contributed by atoms with Crippen LogP contribution in [0.3, 0.4) is 0 Å². The summed E-state index contributed by atoms with van der Waals surface area (Å²) in [5, 5.41) is 0. The van der Waals surface area contributed by atoms with E-state index in [9.17, 15) is 4.79 Å². The van der Waals surface area contributed by atoms with E-state index in [4.69, 9.17) is 17.3 Å². The summed E-state index contributed by atoms with van der Waals surface area (Å²) >= 11 is 11.0. The summed E-state index contributed by atoms with van der Waals surface area (Å²) < 4.78 is 1.59. The molecule has 2 N–H and O–H groups in total. The van der Waals surface area contributed by atoms with Gasteiger partial charge in [0.1, 0.15) is 4.34 Å². The highest BCUT2D eigenvalue weighted by Gasteiger charge is 2.36. The van der Waals surface area contributed by atoms with Crippen molar-refractivity contribution in [2.24, 2.45) is 11.7 Å². The normalized spacial score (nSPS) is 24.3. The summed E-state index contributed by atoms with van der Waals surface area (Å²) in [7, 11) is 0. The Morgan fingerprint density at radius 1 is 1.63 bits per heavy atom. The van der Waals surface area contributed by atoms with Gasteiger partial charge in [-0.3, -0.25) is 4.79 Å². The zero-order valence-electron chi connectivity index (χ0n) is 11.0. The first-order chi connectivity index (χ1) is 8.90. The molecular formula is C13H18BrClN2OS. The Morgan fingerprint density at radius 3 is 2.84 bits per heavy atom. The van der Waals surface area contributed by atoms with E-state index in [2.05, 4.69) is 29.8 Å². The third-order valence-electron chi connectivity index (χ3n) is 3.27. The first-order valence-electron chi connectivity index (χ1n) is 6.40. The average Bonchev–Trinajstić information content (AvgIpc) is 2.63. The first kappa shape index (κ1) is 15.3. The van der Waals surface area contributed by atoms with Crippen molar-refractivity contribution in [1.29, 1.82) is 0 Å². The van der Waals surface area contributed by atoms with Crippen molar-refractivity contribution < 1.29 is 4.79 Å². The second-order valence-electron chi connectivity index (χ2n) is 5.36. The maximum atomic E-state index is 12.2. The number of nitrogens with two attached hydrogens (primary N) is 1. The summed E-state index contributed by atoms with van der Waals surface area (Å²) in [5.41, 5.74) is 6.25. The van der Waals surface area contributed by atoms with Crippen LogP contribution in [0.1, 0.15) is 37.6 Å². The lowest BCUT2D eigenvalue weighted by molar-refractivity contribution is -0.137. The molecule has 0 aliphatic carbocycles. The number of nitrogens with zero attached hydrogens (tertiary/aromatic N) is 1. The lowest BCUT2D eigenvalue weighted by Gasteiger charge is -2.40. The van der Waals surface area contributed by atoms with Gasteiger partial charge in [0.2, 0.25) is 5.91 Å². The van der Waals surface area contributed by atoms with Gasteiger partial charge in [0.15, 0.2) is 0 Å². The molecule has 1 aromatic heterocycles. The number of carbonyl (C=O) groups is 1. The average molecular weight is 366 g/mol. The molecule has 1 aromatic rings. The summed E-state index contributed by atoms with van der Waals surface area (Å²) in [6, 6.07) is 1.93. The highest BCUT2D eigenvalue weighted by Crippen LogP contribution is 2.40. The fourth-order valence-electron chi connectivity index (χ4n) is 2.46. The van der Waals surface area contributed by atoms with Crippen LogP contribution in [0.2, 0.25) is 4.34 Å². The minimum atomic E-state index is -0.0440. The van der Waals surface area contributed by atoms with Gasteiger partial charge < -0.3 is 10.6 Å². The van der Waals surface area contributed by atoms with Crippen molar-refractivity contribution in [2.45, 2.75) is 38.8 Å². The zero-order chi connectivity index (χ0) is 14.2. The topological polar surface area (TPSA) is 46.3 Å². The lowest BCUT2D eigenvalue weighted by atomic mass is 9.94. The van der Waals surface area contributed by atoms with Gasteiger partial charge in [0.25, 0.3) is 0 Å². The maximum absolute atomic E-state index is 12.2. The number of piperidine rings is 1. The van der Waals surface area contributed by atoms with Gasteiger partial charge in [-0.05, 0) is 34.3 Å². The van der Waals surface area contributed by atoms with Crippen LogP contribution in [0.4, 0.5) is 0 Å². The van der Waals surface area contributed by atoms with E-state index < -0.39 is 0 Å². The predicted molar refractivity (Wildman–Crippen MR) is 83.5 cm³/mol. The molecule has 2 atom stereocenters. The van der Waals surface area contributed by atoms with Crippen molar-refractivity contribution in [3.8, 4) is 0 Å². The van der Waals surface area contributed by atoms with E-state index in [-0.39, 0.29) is 18.0 Å². The third-order valence-corrected chi connectivity index (χ3v) is 5.82. The smallest absolute Gasteiger partial charge is 0.223 e. The summed E-state index contributed by atoms with van der Waals surface area (Å²) in [6.07, 6.45) is 1.29. The number of thiophene rings is 1. The minimum Gasteiger partial charge on any atom is -0.333 e. The molecule has 0 spiro atoms. The molecule has 2 rings (SSSR count). The van der Waals surface area contributed by atoms with Crippen molar-refractivity contribution in [1.82, 2.24) is 4.90 Å². The Bertz CT molecular complexity index is 458. The Morgan fingerprint density at radius 2 is 2.32 bits per heavy atom. The molecule has 0 bridgehead atoms. The Hall–Kier alpha value is -0.100. The molecule has 1 aliphatic heterocycles. The molecule has 19 heavy (non-hydrogen) atoms. The number of hydrogen-bond acceptors (Lipinski definition) is 3. The molecule has 1 aliphatic rings. The fourth-order valence-corrected chi connectivity index (χ4v) is 4.39. The van der Waals surface area contributed by atoms with E-state index in [0.29, 0.717) is 16.7 Å². The van der Waals surface area contributed by atoms with Gasteiger partial charge in [-0.15, -0.1) is 11.3 Å². The van der Waals surface area contributed by atoms with Crippen LogP contribution in [-0.2, 0) is 4.79 Å². The van der Waals surface area contributed by atoms with Crippen molar-refractivity contribution in [3.63, 3.8) is 0 Å². The van der Waals surface area contributed by atoms with Crippen LogP contribution in [0, 0.1) is 5.92 Å². The number of amides is 1. The quantitative estimate of drug-likeness (QED) is 0.885. The number of rotatable bonds is 3. The van der Waals surface area contributed by atoms with Gasteiger partial charge in [-0.1, -0.05) is 25.4 Å². The third kappa shape index (κ3) is 3.32. The summed E-state index contributed by atoms with van der Waals surface area (Å²) in [6.45, 7) is 4.97. The Labute approximate surface area is 131 Å². The molecular weight excluding hydrogens is 348 g/mol. The second kappa shape index (κ2) is 6.12. The second-order valence-corrected chi connectivity index (χ2v) is 7.90. The van der Waals surface area contributed by atoms with Crippen molar-refractivity contribution in [2.75, 3.05) is 6.54 Å². The molecule has 6 heteroatoms. The van der Waals surface area contributed by atoms with Gasteiger partial charge in [-0.2, -0.15) is 0 Å². The van der Waals surface area contributed by atoms with Crippen molar-refractivity contribution >= 4 is 44.8 Å². The first-order valence-corrected chi connectivity index (χ1v) is 8.38. The van der Waals surface area contributed by atoms with E-state index >= 15 is 0 Å². The molecule has 106 valence electrons. The highest BCUT2D eigenvalue weighted by atomic mass is 79.9. The number of likely N-dealkylation sites (tertiary alicyclic amines) is 1. The largest absolute Gasteiger partial charge is 0.333 e. The van der Waals surface area contributed by atoms with Crippen LogP contribution in [0.25, 0.3) is 0 Å². The van der Waals surface area contributed by atoms with Gasteiger partial charge in [-0.25, -0.2) is 0 Å². The Balaban J connectivity index is 2.33. The molecule has 1 saturated heterocycles. The lowest BCUT2D eigenvalue weighted by Crippen LogP contribution is -2.49. The van der Waals surface area contributed by atoms with Gasteiger partial charge in [0, 0.05) is 28.4 Å². The zero-order valence-corrected chi connectivity index (χ0v) is 14.2. The maximum Gasteiger partial charge on any atom is 0.223 e. The number of hydrogen-bond donors (Lipinski definition) is 1. The van der Waals surface area contributed by atoms with Crippen molar-refractivity contribution in [3.05, 3.63) is 19.8 Å². The molecule has 0 radical (unpaired) electrons. The minimum absolute atomic E-state index is 0.0157. The van der Waals surface area contributed by atoms with Crippen LogP contribution < -0.4 is 5.73 Å². The van der Waals surface area contributed by atoms with E-state index in [1.165, 1.54) is 11.3 Å². The van der Waals surface area contributed by atoms with Crippen LogP contribution in [0.15, 0.2) is 10.5 Å². The van der Waals surface area contributed by atoms with Crippen LogP contribution in [-0.4, -0.2) is 23.4 Å². The Kier molecular flexibility index (Phi) is 4.93. The monoisotopic (exact) mass is 364 g/mol. The SMILES string of the molecule is CC(C)CN1C(=O)CCC(N)C1c1cc(Br)c(Cl)s1. The van der Waals surface area contributed by atoms with Gasteiger partial charge in [0.05, 0.1) is 6.04 Å². The van der Waals surface area contributed by atoms with E-state index in [0.717, 1.165) is 22.3 Å². The highest BCUT2D eigenvalue weighted by molar-refractivity contribution is 9.10. The summed E-state index contributed by atoms with van der Waals surface area (Å²) in [4.78, 5) is 15.2. The van der Waals surface area contributed by atoms with E-state index in [1.807, 2.05) is 11.0 Å². The van der Waals surface area contributed by atoms with Crippen LogP contribution in [0.5, 0.6) is 0 Å².